The van der Waals surface area contributed by atoms with Crippen LogP contribution in [0.15, 0.2) is 34.9 Å². The lowest BCUT2D eigenvalue weighted by Gasteiger charge is -2.27. The highest BCUT2D eigenvalue weighted by Crippen LogP contribution is 2.35. The summed E-state index contributed by atoms with van der Waals surface area (Å²) in [4.78, 5) is 26.6. The summed E-state index contributed by atoms with van der Waals surface area (Å²) in [6.45, 7) is 5.97. The fraction of sp³-hybridized carbons (Fsp3) is 0.381. The van der Waals surface area contributed by atoms with Crippen LogP contribution in [0.5, 0.6) is 0 Å². The van der Waals surface area contributed by atoms with Gasteiger partial charge in [0.2, 0.25) is 17.7 Å². The number of amides is 1. The molecule has 1 N–H and O–H groups in total. The van der Waals surface area contributed by atoms with E-state index in [9.17, 15) is 4.79 Å². The summed E-state index contributed by atoms with van der Waals surface area (Å²) in [5, 5.41) is 11.2. The number of nitrogens with one attached hydrogen (secondary N) is 1. The zero-order chi connectivity index (χ0) is 20.7. The normalized spacial score (nSPS) is 18.2. The second-order valence-corrected chi connectivity index (χ2v) is 7.54. The van der Waals surface area contributed by atoms with Crippen LogP contribution in [-0.4, -0.2) is 51.7 Å². The molecule has 0 saturated carbocycles. The van der Waals surface area contributed by atoms with Gasteiger partial charge in [0.1, 0.15) is 11.4 Å². The van der Waals surface area contributed by atoms with Crippen LogP contribution in [-0.2, 0) is 0 Å². The summed E-state index contributed by atoms with van der Waals surface area (Å²) in [5.74, 6) is 2.13. The molecule has 1 amide bonds. The SMILES string of the molecule is CCNc1ncc2c(n1)N1CCCC1CN(c1cccc(-c3nnc(C)o3)c1)C2=O. The number of anilines is 3. The fourth-order valence-corrected chi connectivity index (χ4v) is 4.17. The predicted octanol–water partition coefficient (Wildman–Crippen LogP) is 2.90. The average molecular weight is 405 g/mol. The summed E-state index contributed by atoms with van der Waals surface area (Å²) in [5.41, 5.74) is 2.11. The zero-order valence-electron chi connectivity index (χ0n) is 17.0. The van der Waals surface area contributed by atoms with Crippen LogP contribution < -0.4 is 15.1 Å². The Bertz CT molecular complexity index is 1100. The zero-order valence-corrected chi connectivity index (χ0v) is 17.0. The number of rotatable bonds is 4. The van der Waals surface area contributed by atoms with Gasteiger partial charge in [-0.3, -0.25) is 4.79 Å². The van der Waals surface area contributed by atoms with Crippen molar-refractivity contribution in [2.24, 2.45) is 0 Å². The molecule has 3 aromatic rings. The first-order chi connectivity index (χ1) is 14.6. The Kier molecular flexibility index (Phi) is 4.57. The van der Waals surface area contributed by atoms with Crippen molar-refractivity contribution in [1.29, 1.82) is 0 Å². The molecule has 1 unspecified atom stereocenters. The van der Waals surface area contributed by atoms with E-state index in [-0.39, 0.29) is 11.9 Å². The quantitative estimate of drug-likeness (QED) is 0.707. The van der Waals surface area contributed by atoms with E-state index in [4.69, 9.17) is 4.42 Å². The van der Waals surface area contributed by atoms with Crippen LogP contribution in [0.25, 0.3) is 11.5 Å². The van der Waals surface area contributed by atoms with Gasteiger partial charge in [0.25, 0.3) is 5.91 Å². The third-order valence-corrected chi connectivity index (χ3v) is 5.55. The van der Waals surface area contributed by atoms with E-state index < -0.39 is 0 Å². The lowest BCUT2D eigenvalue weighted by molar-refractivity contribution is 0.0988. The van der Waals surface area contributed by atoms with E-state index in [1.807, 2.05) is 36.1 Å². The number of aryl methyl sites for hydroxylation is 1. The van der Waals surface area contributed by atoms with Crippen molar-refractivity contribution in [1.82, 2.24) is 20.2 Å². The molecule has 9 nitrogen and oxygen atoms in total. The maximum absolute atomic E-state index is 13.5. The molecule has 2 aliphatic rings. The molecule has 5 rings (SSSR count). The highest BCUT2D eigenvalue weighted by Gasteiger charge is 2.37. The summed E-state index contributed by atoms with van der Waals surface area (Å²) in [6.07, 6.45) is 3.74. The molecule has 0 aliphatic carbocycles. The van der Waals surface area contributed by atoms with Gasteiger partial charge in [-0.2, -0.15) is 4.98 Å². The van der Waals surface area contributed by atoms with Gasteiger partial charge in [-0.05, 0) is 38.0 Å². The predicted molar refractivity (Wildman–Crippen MR) is 113 cm³/mol. The van der Waals surface area contributed by atoms with E-state index >= 15 is 0 Å². The molecule has 1 atom stereocenters. The van der Waals surface area contributed by atoms with Crippen molar-refractivity contribution < 1.29 is 9.21 Å². The molecule has 0 radical (unpaired) electrons. The molecule has 2 aromatic heterocycles. The molecular formula is C21H23N7O2. The van der Waals surface area contributed by atoms with Gasteiger partial charge < -0.3 is 19.5 Å². The molecule has 1 aromatic carbocycles. The van der Waals surface area contributed by atoms with Crippen LogP contribution in [0.4, 0.5) is 17.5 Å². The van der Waals surface area contributed by atoms with Crippen LogP contribution in [0, 0.1) is 6.92 Å². The van der Waals surface area contributed by atoms with Crippen LogP contribution in [0.2, 0.25) is 0 Å². The maximum atomic E-state index is 13.5. The fourth-order valence-electron chi connectivity index (χ4n) is 4.17. The van der Waals surface area contributed by atoms with E-state index in [0.29, 0.717) is 29.8 Å². The first-order valence-electron chi connectivity index (χ1n) is 10.2. The molecule has 0 bridgehead atoms. The Morgan fingerprint density at radius 1 is 1.30 bits per heavy atom. The Morgan fingerprint density at radius 3 is 3.00 bits per heavy atom. The molecule has 154 valence electrons. The monoisotopic (exact) mass is 405 g/mol. The molecular weight excluding hydrogens is 382 g/mol. The Labute approximate surface area is 174 Å². The van der Waals surface area contributed by atoms with Gasteiger partial charge >= 0.3 is 0 Å². The van der Waals surface area contributed by atoms with Gasteiger partial charge in [-0.1, -0.05) is 6.07 Å². The third-order valence-electron chi connectivity index (χ3n) is 5.55. The highest BCUT2D eigenvalue weighted by atomic mass is 16.4. The van der Waals surface area contributed by atoms with Crippen molar-refractivity contribution in [2.45, 2.75) is 32.7 Å². The van der Waals surface area contributed by atoms with Gasteiger partial charge in [0.05, 0.1) is 0 Å². The summed E-state index contributed by atoms with van der Waals surface area (Å²) < 4.78 is 5.56. The van der Waals surface area contributed by atoms with Crippen LogP contribution in [0.3, 0.4) is 0 Å². The van der Waals surface area contributed by atoms with E-state index in [1.54, 1.807) is 13.1 Å². The first-order valence-corrected chi connectivity index (χ1v) is 10.2. The van der Waals surface area contributed by atoms with E-state index in [2.05, 4.69) is 30.4 Å². The molecule has 9 heteroatoms. The van der Waals surface area contributed by atoms with Crippen LogP contribution in [0.1, 0.15) is 36.0 Å². The molecule has 0 spiro atoms. The number of hydrogen-bond donors (Lipinski definition) is 1. The number of nitrogens with zero attached hydrogens (tertiary/aromatic N) is 6. The van der Waals surface area contributed by atoms with E-state index in [0.717, 1.165) is 43.0 Å². The lowest BCUT2D eigenvalue weighted by atomic mass is 10.1. The smallest absolute Gasteiger partial charge is 0.263 e. The van der Waals surface area contributed by atoms with Gasteiger partial charge in [0, 0.05) is 50.0 Å². The molecule has 30 heavy (non-hydrogen) atoms. The Hall–Kier alpha value is -3.49. The number of carbonyl (C=O) groups is 1. The average Bonchev–Trinajstić information content (AvgIpc) is 3.38. The molecule has 1 fully saturated rings. The summed E-state index contributed by atoms with van der Waals surface area (Å²) >= 11 is 0. The first kappa shape index (κ1) is 18.5. The number of aromatic nitrogens is 4. The topological polar surface area (TPSA) is 100 Å². The molecule has 4 heterocycles. The van der Waals surface area contributed by atoms with Crippen LogP contribution >= 0.6 is 0 Å². The van der Waals surface area contributed by atoms with Crippen molar-refractivity contribution in [2.75, 3.05) is 34.8 Å². The van der Waals surface area contributed by atoms with Crippen molar-refractivity contribution in [3.63, 3.8) is 0 Å². The largest absolute Gasteiger partial charge is 0.421 e. The van der Waals surface area contributed by atoms with Gasteiger partial charge in [0.15, 0.2) is 0 Å². The minimum absolute atomic E-state index is 0.0960. The summed E-state index contributed by atoms with van der Waals surface area (Å²) in [7, 11) is 0. The number of benzene rings is 1. The van der Waals surface area contributed by atoms with Crippen molar-refractivity contribution in [3.05, 3.63) is 41.9 Å². The number of hydrogen-bond acceptors (Lipinski definition) is 8. The lowest BCUT2D eigenvalue weighted by Crippen LogP contribution is -2.39. The van der Waals surface area contributed by atoms with Gasteiger partial charge in [-0.25, -0.2) is 4.98 Å². The molecule has 1 saturated heterocycles. The van der Waals surface area contributed by atoms with Crippen molar-refractivity contribution in [3.8, 4) is 11.5 Å². The van der Waals surface area contributed by atoms with Crippen molar-refractivity contribution >= 4 is 23.4 Å². The molecule has 2 aliphatic heterocycles. The standard InChI is InChI=1S/C21H23N7O2/c1-3-22-21-23-11-17-18(24-21)27-9-5-8-16(27)12-28(20(17)29)15-7-4-6-14(10-15)19-26-25-13(2)30-19/h4,6-7,10-11,16H,3,5,8-9,12H2,1-2H3,(H,22,23,24). The minimum atomic E-state index is -0.0960. The maximum Gasteiger partial charge on any atom is 0.263 e. The highest BCUT2D eigenvalue weighted by molar-refractivity contribution is 6.10. The second-order valence-electron chi connectivity index (χ2n) is 7.54. The second kappa shape index (κ2) is 7.40. The third kappa shape index (κ3) is 3.16. The minimum Gasteiger partial charge on any atom is -0.421 e. The van der Waals surface area contributed by atoms with E-state index in [1.165, 1.54) is 0 Å². The van der Waals surface area contributed by atoms with Gasteiger partial charge in [-0.15, -0.1) is 10.2 Å². The Morgan fingerprint density at radius 2 is 2.20 bits per heavy atom. The number of fused-ring (bicyclic) bond motifs is 3. The Balaban J connectivity index is 1.56. The summed E-state index contributed by atoms with van der Waals surface area (Å²) in [6, 6.07) is 7.88. The number of carbonyl (C=O) groups excluding carboxylic acids is 1.